The highest BCUT2D eigenvalue weighted by molar-refractivity contribution is 5.15. The van der Waals surface area contributed by atoms with Gasteiger partial charge in [-0.1, -0.05) is 6.07 Å². The fraction of sp³-hybridized carbons (Fsp3) is 0.667. The van der Waals surface area contributed by atoms with Gasteiger partial charge in [0.2, 0.25) is 0 Å². The highest BCUT2D eigenvalue weighted by atomic mass is 127. The Labute approximate surface area is 137 Å². The minimum atomic E-state index is -0.262. The monoisotopic (exact) mass is 390 g/mol. The Morgan fingerprint density at radius 3 is 2.90 bits per heavy atom. The summed E-state index contributed by atoms with van der Waals surface area (Å²) in [5.41, 5.74) is 1.33. The number of rotatable bonds is 2. The second kappa shape index (κ2) is 5.77. The molecule has 112 valence electrons. The van der Waals surface area contributed by atoms with Crippen molar-refractivity contribution in [3.05, 3.63) is 34.2 Å². The van der Waals surface area contributed by atoms with Crippen LogP contribution in [0.4, 0.5) is 0 Å². The van der Waals surface area contributed by atoms with Gasteiger partial charge in [-0.2, -0.15) is 0 Å². The van der Waals surface area contributed by atoms with Crippen LogP contribution in [0.25, 0.3) is 0 Å². The number of likely N-dealkylation sites (N-methyl/N-ethyl adjacent to an activating group) is 1. The minimum absolute atomic E-state index is 0. The van der Waals surface area contributed by atoms with E-state index in [9.17, 15) is 9.90 Å². The summed E-state index contributed by atoms with van der Waals surface area (Å²) in [5.74, 6) is 1.03. The first-order valence-electron chi connectivity index (χ1n) is 7.18. The zero-order chi connectivity index (χ0) is 13.6. The van der Waals surface area contributed by atoms with Crippen molar-refractivity contribution >= 4 is 0 Å². The summed E-state index contributed by atoms with van der Waals surface area (Å²) in [6.07, 6.45) is 0.929. The number of nitrogens with zero attached hydrogens (tertiary/aromatic N) is 2. The summed E-state index contributed by atoms with van der Waals surface area (Å²) in [5, 5.41) is 9.70. The number of aliphatic hydroxyl groups excluding tert-OH is 1. The smallest absolute Gasteiger partial charge is 0.250 e. The average Bonchev–Trinajstić information content (AvgIpc) is 2.28. The fourth-order valence-electron chi connectivity index (χ4n) is 4.26. The number of hydrogen-bond acceptors (Lipinski definition) is 2. The molecule has 0 aromatic carbocycles. The third kappa shape index (κ3) is 2.94. The van der Waals surface area contributed by atoms with Gasteiger partial charge in [-0.05, 0) is 19.4 Å². The van der Waals surface area contributed by atoms with Crippen LogP contribution in [0.5, 0.6) is 0 Å². The quantitative estimate of drug-likeness (QED) is 0.460. The predicted molar refractivity (Wildman–Crippen MR) is 74.0 cm³/mol. The molecule has 2 aliphatic rings. The first-order valence-corrected chi connectivity index (χ1v) is 7.18. The van der Waals surface area contributed by atoms with Crippen LogP contribution in [0.15, 0.2) is 23.0 Å². The molecule has 0 amide bonds. The van der Waals surface area contributed by atoms with E-state index in [0.717, 1.165) is 30.7 Å². The Balaban J connectivity index is 0.00000147. The molecule has 1 aromatic heterocycles. The Kier molecular flexibility index (Phi) is 4.61. The van der Waals surface area contributed by atoms with Crippen molar-refractivity contribution in [1.82, 2.24) is 4.57 Å². The minimum Gasteiger partial charge on any atom is -1.00 e. The van der Waals surface area contributed by atoms with Gasteiger partial charge in [0.1, 0.15) is 12.6 Å². The number of piperidine rings is 1. The van der Waals surface area contributed by atoms with E-state index in [1.54, 1.807) is 6.07 Å². The first-order chi connectivity index (χ1) is 8.97. The molecule has 2 bridgehead atoms. The van der Waals surface area contributed by atoms with Crippen LogP contribution in [0.1, 0.15) is 25.0 Å². The molecule has 4 nitrogen and oxygen atoms in total. The van der Waals surface area contributed by atoms with Crippen molar-refractivity contribution in [1.29, 1.82) is 0 Å². The highest BCUT2D eigenvalue weighted by Gasteiger charge is 2.42. The number of aliphatic hydroxyl groups is 1. The summed E-state index contributed by atoms with van der Waals surface area (Å²) < 4.78 is 2.89. The number of aromatic nitrogens is 1. The molecule has 0 radical (unpaired) electrons. The summed E-state index contributed by atoms with van der Waals surface area (Å²) in [6.45, 7) is 5.63. The fourth-order valence-corrected chi connectivity index (χ4v) is 4.26. The van der Waals surface area contributed by atoms with Crippen LogP contribution in [-0.2, 0) is 6.54 Å². The Bertz CT molecular complexity index is 543. The maximum absolute atomic E-state index is 12.0. The zero-order valence-corrected chi connectivity index (χ0v) is 14.3. The lowest BCUT2D eigenvalue weighted by Gasteiger charge is -2.48. The highest BCUT2D eigenvalue weighted by Crippen LogP contribution is 2.37. The Hall–Kier alpha value is -0.400. The van der Waals surface area contributed by atoms with Gasteiger partial charge in [0.25, 0.3) is 5.56 Å². The van der Waals surface area contributed by atoms with Gasteiger partial charge >= 0.3 is 0 Å². The van der Waals surface area contributed by atoms with Gasteiger partial charge in [0.05, 0.1) is 20.1 Å². The van der Waals surface area contributed by atoms with Crippen molar-refractivity contribution in [2.75, 3.05) is 26.7 Å². The molecule has 1 N–H and O–H groups in total. The van der Waals surface area contributed by atoms with Gasteiger partial charge in [-0.3, -0.25) is 4.79 Å². The van der Waals surface area contributed by atoms with Crippen LogP contribution in [0.2, 0.25) is 0 Å². The van der Waals surface area contributed by atoms with Gasteiger partial charge in [0.15, 0.2) is 0 Å². The lowest BCUT2D eigenvalue weighted by molar-refractivity contribution is -0.922. The topological polar surface area (TPSA) is 42.2 Å². The molecule has 0 aliphatic carbocycles. The molecule has 5 heteroatoms. The standard InChI is InChI=1S/C15H23N2O2.HI/c1-11(18)8-17(2)9-12-6-13(10-17)14-4-3-5-15(19)16(14)7-12;/h3-5,11-13,18H,6-10H2,1-2H3;1H/q+1;/p-1/t11?,12-,13-,17?;/m1./s1. The number of halogens is 1. The Morgan fingerprint density at radius 2 is 2.20 bits per heavy atom. The maximum Gasteiger partial charge on any atom is 0.250 e. The second-order valence-corrected chi connectivity index (χ2v) is 6.71. The SMILES string of the molecule is CC(O)C[N+]1(C)C[C@@H]2C[C@H](C1)c1cccc(=O)n1C2.[I-]. The molecule has 1 aromatic rings. The molecular weight excluding hydrogens is 367 g/mol. The summed E-state index contributed by atoms with van der Waals surface area (Å²) in [4.78, 5) is 12.0. The molecule has 0 saturated carbocycles. The van der Waals surface area contributed by atoms with Gasteiger partial charge < -0.3 is 38.1 Å². The largest absolute Gasteiger partial charge is 1.00 e. The third-order valence-corrected chi connectivity index (χ3v) is 4.63. The van der Waals surface area contributed by atoms with E-state index < -0.39 is 0 Å². The molecule has 2 aliphatic heterocycles. The third-order valence-electron chi connectivity index (χ3n) is 4.63. The number of likely N-dealkylation sites (tertiary alicyclic amines) is 1. The van der Waals surface area contributed by atoms with Crippen LogP contribution in [0.3, 0.4) is 0 Å². The van der Waals surface area contributed by atoms with Crippen molar-refractivity contribution in [3.63, 3.8) is 0 Å². The van der Waals surface area contributed by atoms with E-state index in [2.05, 4.69) is 13.1 Å². The lowest BCUT2D eigenvalue weighted by Crippen LogP contribution is -3.00. The van der Waals surface area contributed by atoms with E-state index in [1.165, 1.54) is 12.1 Å². The van der Waals surface area contributed by atoms with E-state index in [1.807, 2.05) is 17.6 Å². The molecule has 3 rings (SSSR count). The predicted octanol–water partition coefficient (Wildman–Crippen LogP) is -2.20. The summed E-state index contributed by atoms with van der Waals surface area (Å²) in [6, 6.07) is 5.64. The maximum atomic E-state index is 12.0. The normalized spacial score (nSPS) is 33.0. The number of pyridine rings is 1. The first kappa shape index (κ1) is 16.0. The van der Waals surface area contributed by atoms with E-state index >= 15 is 0 Å². The summed E-state index contributed by atoms with van der Waals surface area (Å²) >= 11 is 0. The van der Waals surface area contributed by atoms with Crippen molar-refractivity contribution < 1.29 is 33.6 Å². The molecular formula is C15H23IN2O2. The molecule has 20 heavy (non-hydrogen) atoms. The summed E-state index contributed by atoms with van der Waals surface area (Å²) in [7, 11) is 2.24. The van der Waals surface area contributed by atoms with Crippen LogP contribution >= 0.6 is 0 Å². The number of fused-ring (bicyclic) bond motifs is 4. The van der Waals surface area contributed by atoms with Crippen LogP contribution < -0.4 is 29.5 Å². The zero-order valence-electron chi connectivity index (χ0n) is 12.1. The van der Waals surface area contributed by atoms with Gasteiger partial charge in [-0.25, -0.2) is 0 Å². The van der Waals surface area contributed by atoms with Crippen molar-refractivity contribution in [2.24, 2.45) is 5.92 Å². The molecule has 3 heterocycles. The second-order valence-electron chi connectivity index (χ2n) is 6.71. The van der Waals surface area contributed by atoms with Crippen molar-refractivity contribution in [3.8, 4) is 0 Å². The molecule has 1 fully saturated rings. The number of hydrogen-bond donors (Lipinski definition) is 1. The average molecular weight is 390 g/mol. The van der Waals surface area contributed by atoms with E-state index in [-0.39, 0.29) is 35.6 Å². The van der Waals surface area contributed by atoms with Gasteiger partial charge in [-0.15, -0.1) is 0 Å². The molecule has 1 saturated heterocycles. The molecule has 0 spiro atoms. The van der Waals surface area contributed by atoms with Crippen LogP contribution in [-0.4, -0.2) is 46.9 Å². The van der Waals surface area contributed by atoms with Crippen molar-refractivity contribution in [2.45, 2.75) is 31.9 Å². The van der Waals surface area contributed by atoms with E-state index in [4.69, 9.17) is 0 Å². The molecule has 4 atom stereocenters. The van der Waals surface area contributed by atoms with Crippen LogP contribution in [0, 0.1) is 5.92 Å². The Morgan fingerprint density at radius 1 is 1.45 bits per heavy atom. The molecule has 2 unspecified atom stereocenters. The lowest BCUT2D eigenvalue weighted by atomic mass is 9.82. The number of quaternary nitrogens is 1. The van der Waals surface area contributed by atoms with E-state index in [0.29, 0.717) is 11.8 Å². The van der Waals surface area contributed by atoms with Gasteiger partial charge in [0, 0.05) is 30.1 Å².